The molecule has 0 atom stereocenters. The molecule has 3 rings (SSSR count). The van der Waals surface area contributed by atoms with Crippen molar-refractivity contribution >= 4 is 16.6 Å². The summed E-state index contributed by atoms with van der Waals surface area (Å²) in [6, 6.07) is 10.4. The van der Waals surface area contributed by atoms with E-state index < -0.39 is 23.0 Å². The average molecular weight is 269 g/mol. The van der Waals surface area contributed by atoms with Crippen LogP contribution in [0.4, 0.5) is 8.78 Å². The van der Waals surface area contributed by atoms with Gasteiger partial charge in [0.1, 0.15) is 11.6 Å². The standard InChI is InChI=1S/C16H9F2NO/c17-13-6-3-7-14(18)15(13)16(20)12-9-19-8-10-4-1-2-5-11(10)12/h1-9H. The van der Waals surface area contributed by atoms with Crippen LogP contribution in [-0.2, 0) is 0 Å². The topological polar surface area (TPSA) is 30.0 Å². The van der Waals surface area contributed by atoms with Crippen molar-refractivity contribution in [2.24, 2.45) is 0 Å². The summed E-state index contributed by atoms with van der Waals surface area (Å²) in [5, 5.41) is 1.37. The van der Waals surface area contributed by atoms with Gasteiger partial charge in [0.05, 0.1) is 5.56 Å². The van der Waals surface area contributed by atoms with Crippen LogP contribution in [0.2, 0.25) is 0 Å². The Hall–Kier alpha value is -2.62. The third-order valence-corrected chi connectivity index (χ3v) is 3.10. The van der Waals surface area contributed by atoms with Gasteiger partial charge in [0.25, 0.3) is 0 Å². The van der Waals surface area contributed by atoms with E-state index in [-0.39, 0.29) is 5.56 Å². The number of halogens is 2. The largest absolute Gasteiger partial charge is 0.288 e. The number of hydrogen-bond acceptors (Lipinski definition) is 2. The van der Waals surface area contributed by atoms with Gasteiger partial charge in [0, 0.05) is 23.3 Å². The highest BCUT2D eigenvalue weighted by Gasteiger charge is 2.20. The van der Waals surface area contributed by atoms with Crippen molar-refractivity contribution in [2.75, 3.05) is 0 Å². The second-order valence-electron chi connectivity index (χ2n) is 4.33. The minimum atomic E-state index is -0.872. The summed E-state index contributed by atoms with van der Waals surface area (Å²) < 4.78 is 27.4. The molecule has 0 bridgehead atoms. The molecule has 0 aliphatic carbocycles. The molecule has 20 heavy (non-hydrogen) atoms. The molecular weight excluding hydrogens is 260 g/mol. The van der Waals surface area contributed by atoms with Crippen LogP contribution in [0.15, 0.2) is 54.9 Å². The Balaban J connectivity index is 2.24. The first-order valence-electron chi connectivity index (χ1n) is 6.00. The van der Waals surface area contributed by atoms with Crippen LogP contribution in [0.3, 0.4) is 0 Å². The Morgan fingerprint density at radius 3 is 2.35 bits per heavy atom. The summed E-state index contributed by atoms with van der Waals surface area (Å²) in [5.41, 5.74) is -0.363. The predicted molar refractivity (Wildman–Crippen MR) is 71.5 cm³/mol. The molecule has 0 saturated heterocycles. The molecule has 2 aromatic carbocycles. The highest BCUT2D eigenvalue weighted by molar-refractivity contribution is 6.16. The second kappa shape index (κ2) is 4.81. The second-order valence-corrected chi connectivity index (χ2v) is 4.33. The van der Waals surface area contributed by atoms with E-state index in [0.717, 1.165) is 17.5 Å². The molecule has 4 heteroatoms. The zero-order valence-electron chi connectivity index (χ0n) is 10.3. The van der Waals surface area contributed by atoms with Crippen LogP contribution in [0, 0.1) is 11.6 Å². The minimum absolute atomic E-state index is 0.187. The van der Waals surface area contributed by atoms with Crippen LogP contribution in [-0.4, -0.2) is 10.8 Å². The first-order chi connectivity index (χ1) is 9.68. The van der Waals surface area contributed by atoms with E-state index in [1.165, 1.54) is 12.3 Å². The van der Waals surface area contributed by atoms with E-state index in [4.69, 9.17) is 0 Å². The van der Waals surface area contributed by atoms with E-state index in [2.05, 4.69) is 4.98 Å². The lowest BCUT2D eigenvalue weighted by molar-refractivity contribution is 0.103. The molecule has 0 aliphatic heterocycles. The molecule has 3 aromatic rings. The number of ketones is 1. The van der Waals surface area contributed by atoms with Crippen molar-refractivity contribution in [3.63, 3.8) is 0 Å². The highest BCUT2D eigenvalue weighted by Crippen LogP contribution is 2.22. The number of nitrogens with zero attached hydrogens (tertiary/aromatic N) is 1. The van der Waals surface area contributed by atoms with Gasteiger partial charge in [0.2, 0.25) is 5.78 Å². The summed E-state index contributed by atoms with van der Waals surface area (Å²) in [7, 11) is 0. The van der Waals surface area contributed by atoms with E-state index >= 15 is 0 Å². The quantitative estimate of drug-likeness (QED) is 0.663. The predicted octanol–water partition coefficient (Wildman–Crippen LogP) is 3.74. The molecule has 0 fully saturated rings. The first-order valence-corrected chi connectivity index (χ1v) is 6.00. The van der Waals surface area contributed by atoms with E-state index in [1.807, 2.05) is 6.07 Å². The third kappa shape index (κ3) is 1.95. The Labute approximate surface area is 113 Å². The third-order valence-electron chi connectivity index (χ3n) is 3.10. The molecule has 1 aromatic heterocycles. The molecule has 0 radical (unpaired) electrons. The lowest BCUT2D eigenvalue weighted by Gasteiger charge is -2.07. The van der Waals surface area contributed by atoms with Crippen LogP contribution >= 0.6 is 0 Å². The van der Waals surface area contributed by atoms with Gasteiger partial charge >= 0.3 is 0 Å². The van der Waals surface area contributed by atoms with Crippen molar-refractivity contribution < 1.29 is 13.6 Å². The van der Waals surface area contributed by atoms with E-state index in [1.54, 1.807) is 24.4 Å². The van der Waals surface area contributed by atoms with Gasteiger partial charge < -0.3 is 0 Å². The maximum Gasteiger partial charge on any atom is 0.201 e. The van der Waals surface area contributed by atoms with Gasteiger partial charge in [-0.1, -0.05) is 30.3 Å². The Kier molecular flexibility index (Phi) is 2.99. The van der Waals surface area contributed by atoms with Crippen LogP contribution in [0.1, 0.15) is 15.9 Å². The SMILES string of the molecule is O=C(c1c(F)cccc1F)c1cncc2ccccc12. The normalized spacial score (nSPS) is 10.7. The molecule has 0 saturated carbocycles. The zero-order chi connectivity index (χ0) is 14.1. The van der Waals surface area contributed by atoms with E-state index in [9.17, 15) is 13.6 Å². The van der Waals surface area contributed by atoms with Gasteiger partial charge in [-0.25, -0.2) is 8.78 Å². The first kappa shape index (κ1) is 12.4. The Morgan fingerprint density at radius 1 is 0.900 bits per heavy atom. The van der Waals surface area contributed by atoms with Crippen LogP contribution in [0.25, 0.3) is 10.8 Å². The number of aromatic nitrogens is 1. The van der Waals surface area contributed by atoms with E-state index in [0.29, 0.717) is 5.39 Å². The maximum atomic E-state index is 13.7. The van der Waals surface area contributed by atoms with Gasteiger partial charge in [-0.15, -0.1) is 0 Å². The number of rotatable bonds is 2. The fourth-order valence-corrected chi connectivity index (χ4v) is 2.15. The fourth-order valence-electron chi connectivity index (χ4n) is 2.15. The molecule has 0 N–H and O–H groups in total. The summed E-state index contributed by atoms with van der Waals surface area (Å²) in [6.07, 6.45) is 2.93. The molecule has 2 nitrogen and oxygen atoms in total. The molecule has 0 amide bonds. The number of carbonyl (C=O) groups is 1. The Morgan fingerprint density at radius 2 is 1.60 bits per heavy atom. The Bertz CT molecular complexity index is 789. The van der Waals surface area contributed by atoms with Crippen LogP contribution in [0.5, 0.6) is 0 Å². The molecule has 98 valence electrons. The summed E-state index contributed by atoms with van der Waals surface area (Å²) in [5.74, 6) is -2.45. The molecule has 0 unspecified atom stereocenters. The molecular formula is C16H9F2NO. The van der Waals surface area contributed by atoms with Crippen molar-refractivity contribution in [1.82, 2.24) is 4.98 Å². The molecule has 1 heterocycles. The summed E-state index contributed by atoms with van der Waals surface area (Å²) >= 11 is 0. The number of hydrogen-bond donors (Lipinski definition) is 0. The van der Waals surface area contributed by atoms with Crippen molar-refractivity contribution in [2.45, 2.75) is 0 Å². The van der Waals surface area contributed by atoms with Gasteiger partial charge in [0.15, 0.2) is 0 Å². The lowest BCUT2D eigenvalue weighted by atomic mass is 9.99. The van der Waals surface area contributed by atoms with Crippen molar-refractivity contribution in [3.8, 4) is 0 Å². The highest BCUT2D eigenvalue weighted by atomic mass is 19.1. The maximum absolute atomic E-state index is 13.7. The number of carbonyl (C=O) groups excluding carboxylic acids is 1. The number of fused-ring (bicyclic) bond motifs is 1. The smallest absolute Gasteiger partial charge is 0.201 e. The number of benzene rings is 2. The van der Waals surface area contributed by atoms with Crippen molar-refractivity contribution in [1.29, 1.82) is 0 Å². The number of pyridine rings is 1. The van der Waals surface area contributed by atoms with Gasteiger partial charge in [-0.05, 0) is 17.5 Å². The van der Waals surface area contributed by atoms with Crippen LogP contribution < -0.4 is 0 Å². The van der Waals surface area contributed by atoms with Crippen molar-refractivity contribution in [3.05, 3.63) is 77.6 Å². The molecule has 0 aliphatic rings. The fraction of sp³-hybridized carbons (Fsp3) is 0. The average Bonchev–Trinajstić information content (AvgIpc) is 2.46. The monoisotopic (exact) mass is 269 g/mol. The summed E-state index contributed by atoms with van der Waals surface area (Å²) in [4.78, 5) is 16.3. The van der Waals surface area contributed by atoms with Gasteiger partial charge in [-0.3, -0.25) is 9.78 Å². The molecule has 0 spiro atoms. The van der Waals surface area contributed by atoms with Gasteiger partial charge in [-0.2, -0.15) is 0 Å². The zero-order valence-corrected chi connectivity index (χ0v) is 10.3. The summed E-state index contributed by atoms with van der Waals surface area (Å²) in [6.45, 7) is 0. The minimum Gasteiger partial charge on any atom is -0.288 e. The lowest BCUT2D eigenvalue weighted by Crippen LogP contribution is -2.08.